The summed E-state index contributed by atoms with van der Waals surface area (Å²) in [5.74, 6) is 0.773. The Morgan fingerprint density at radius 3 is 2.80 bits per heavy atom. The first-order valence-corrected chi connectivity index (χ1v) is 6.85. The van der Waals surface area contributed by atoms with Crippen LogP contribution in [0.2, 0.25) is 0 Å². The van der Waals surface area contributed by atoms with Crippen molar-refractivity contribution in [1.29, 1.82) is 0 Å². The van der Waals surface area contributed by atoms with Gasteiger partial charge in [-0.2, -0.15) is 0 Å². The van der Waals surface area contributed by atoms with E-state index in [0.29, 0.717) is 5.82 Å². The van der Waals surface area contributed by atoms with E-state index in [2.05, 4.69) is 26.2 Å². The number of hydrogen-bond acceptors (Lipinski definition) is 4. The lowest BCUT2D eigenvalue weighted by Gasteiger charge is -2.09. The van der Waals surface area contributed by atoms with Crippen molar-refractivity contribution in [3.05, 3.63) is 34.3 Å². The Morgan fingerprint density at radius 2 is 2.27 bits per heavy atom. The van der Waals surface area contributed by atoms with Crippen molar-refractivity contribution in [2.45, 2.75) is 6.04 Å². The van der Waals surface area contributed by atoms with Crippen LogP contribution in [-0.4, -0.2) is 25.2 Å². The van der Waals surface area contributed by atoms with Gasteiger partial charge < -0.3 is 5.32 Å². The number of anilines is 1. The number of hydrogen-bond donors (Lipinski definition) is 1. The Bertz CT molecular complexity index is 481. The van der Waals surface area contributed by atoms with Crippen LogP contribution in [-0.2, 0) is 9.84 Å². The Balaban J connectivity index is 2.05. The molecular formula is C9H9BrN2O2S. The smallest absolute Gasteiger partial charge is 0.173 e. The molecule has 2 rings (SSSR count). The number of nitrogens with zero attached hydrogens (tertiary/aromatic N) is 1. The molecule has 0 bridgehead atoms. The lowest BCUT2D eigenvalue weighted by Crippen LogP contribution is -2.21. The SMILES string of the molecule is O=S1(=O)C=CC(Nc2ccc(Br)cn2)C1. The van der Waals surface area contributed by atoms with E-state index < -0.39 is 9.84 Å². The summed E-state index contributed by atoms with van der Waals surface area (Å²) in [6, 6.07) is 3.47. The zero-order valence-electron chi connectivity index (χ0n) is 7.72. The Hall–Kier alpha value is -0.880. The number of sulfone groups is 1. The average Bonchev–Trinajstić information content (AvgIpc) is 2.50. The summed E-state index contributed by atoms with van der Waals surface area (Å²) in [6.07, 6.45) is 3.30. The minimum Gasteiger partial charge on any atom is -0.363 e. The number of halogens is 1. The number of nitrogens with one attached hydrogen (secondary N) is 1. The van der Waals surface area contributed by atoms with Crippen molar-refractivity contribution in [2.75, 3.05) is 11.1 Å². The van der Waals surface area contributed by atoms with Crippen LogP contribution in [0.25, 0.3) is 0 Å². The molecule has 1 aromatic rings. The summed E-state index contributed by atoms with van der Waals surface area (Å²) in [7, 11) is -3.00. The third kappa shape index (κ3) is 2.79. The Morgan fingerprint density at radius 1 is 1.47 bits per heavy atom. The lowest BCUT2D eigenvalue weighted by atomic mass is 10.3. The third-order valence-electron chi connectivity index (χ3n) is 1.99. The molecular weight excluding hydrogens is 280 g/mol. The van der Waals surface area contributed by atoms with Crippen molar-refractivity contribution < 1.29 is 8.42 Å². The summed E-state index contributed by atoms with van der Waals surface area (Å²) in [6.45, 7) is 0. The second kappa shape index (κ2) is 3.94. The fraction of sp³-hybridized carbons (Fsp3) is 0.222. The molecule has 0 amide bonds. The van der Waals surface area contributed by atoms with Crippen LogP contribution in [0.4, 0.5) is 5.82 Å². The number of aromatic nitrogens is 1. The second-order valence-electron chi connectivity index (χ2n) is 3.27. The van der Waals surface area contributed by atoms with Gasteiger partial charge in [0.1, 0.15) is 5.82 Å². The molecule has 1 unspecified atom stereocenters. The topological polar surface area (TPSA) is 59.1 Å². The molecule has 1 aliphatic rings. The van der Waals surface area contributed by atoms with Crippen molar-refractivity contribution in [3.63, 3.8) is 0 Å². The van der Waals surface area contributed by atoms with E-state index in [1.807, 2.05) is 6.07 Å². The Labute approximate surface area is 96.5 Å². The number of pyridine rings is 1. The first-order chi connectivity index (χ1) is 7.05. The molecule has 0 radical (unpaired) electrons. The van der Waals surface area contributed by atoms with Crippen LogP contribution >= 0.6 is 15.9 Å². The molecule has 1 atom stereocenters. The van der Waals surface area contributed by atoms with Crippen molar-refractivity contribution in [2.24, 2.45) is 0 Å². The largest absolute Gasteiger partial charge is 0.363 e. The van der Waals surface area contributed by atoms with Gasteiger partial charge in [0.2, 0.25) is 0 Å². The Kier molecular flexibility index (Phi) is 2.79. The average molecular weight is 289 g/mol. The fourth-order valence-electron chi connectivity index (χ4n) is 1.32. The van der Waals surface area contributed by atoms with E-state index in [1.165, 1.54) is 5.41 Å². The maximum absolute atomic E-state index is 11.1. The normalized spacial score (nSPS) is 22.9. The number of rotatable bonds is 2. The van der Waals surface area contributed by atoms with Crippen LogP contribution in [0.3, 0.4) is 0 Å². The predicted octanol–water partition coefficient (Wildman–Crippen LogP) is 1.57. The van der Waals surface area contributed by atoms with Crippen molar-refractivity contribution in [3.8, 4) is 0 Å². The molecule has 0 aliphatic carbocycles. The highest BCUT2D eigenvalue weighted by Crippen LogP contribution is 2.15. The predicted molar refractivity (Wildman–Crippen MR) is 62.3 cm³/mol. The standard InChI is InChI=1S/C9H9BrN2O2S/c10-7-1-2-9(11-5-7)12-8-3-4-15(13,14)6-8/h1-5,8H,6H2,(H,11,12). The summed E-state index contributed by atoms with van der Waals surface area (Å²) in [4.78, 5) is 4.10. The van der Waals surface area contributed by atoms with Gasteiger partial charge in [-0.15, -0.1) is 0 Å². The monoisotopic (exact) mass is 288 g/mol. The molecule has 0 saturated heterocycles. The van der Waals surface area contributed by atoms with E-state index in [9.17, 15) is 8.42 Å². The van der Waals surface area contributed by atoms with Gasteiger partial charge in [0, 0.05) is 16.1 Å². The van der Waals surface area contributed by atoms with Gasteiger partial charge in [0.05, 0.1) is 11.8 Å². The summed E-state index contributed by atoms with van der Waals surface area (Å²) in [5.41, 5.74) is 0. The van der Waals surface area contributed by atoms with Gasteiger partial charge in [-0.1, -0.05) is 0 Å². The van der Waals surface area contributed by atoms with E-state index in [0.717, 1.165) is 4.47 Å². The van der Waals surface area contributed by atoms with E-state index in [-0.39, 0.29) is 11.8 Å². The van der Waals surface area contributed by atoms with E-state index in [4.69, 9.17) is 0 Å². The van der Waals surface area contributed by atoms with Crippen molar-refractivity contribution in [1.82, 2.24) is 4.98 Å². The molecule has 0 spiro atoms. The maximum atomic E-state index is 11.1. The van der Waals surface area contributed by atoms with Gasteiger partial charge in [0.15, 0.2) is 9.84 Å². The lowest BCUT2D eigenvalue weighted by molar-refractivity contribution is 0.605. The highest BCUT2D eigenvalue weighted by molar-refractivity contribution is 9.10. The first kappa shape index (κ1) is 10.6. The molecule has 0 fully saturated rings. The van der Waals surface area contributed by atoms with Crippen LogP contribution in [0.5, 0.6) is 0 Å². The quantitative estimate of drug-likeness (QED) is 0.897. The minimum absolute atomic E-state index is 0.102. The molecule has 0 aromatic carbocycles. The summed E-state index contributed by atoms with van der Waals surface area (Å²) >= 11 is 3.28. The molecule has 4 nitrogen and oxygen atoms in total. The molecule has 1 N–H and O–H groups in total. The summed E-state index contributed by atoms with van der Waals surface area (Å²) in [5, 5.41) is 4.27. The van der Waals surface area contributed by atoms with Gasteiger partial charge in [0.25, 0.3) is 0 Å². The second-order valence-corrected chi connectivity index (χ2v) is 6.12. The van der Waals surface area contributed by atoms with Gasteiger partial charge in [-0.3, -0.25) is 0 Å². The van der Waals surface area contributed by atoms with Gasteiger partial charge >= 0.3 is 0 Å². The molecule has 80 valence electrons. The molecule has 15 heavy (non-hydrogen) atoms. The van der Waals surface area contributed by atoms with Gasteiger partial charge in [-0.25, -0.2) is 13.4 Å². The van der Waals surface area contributed by atoms with Gasteiger partial charge in [-0.05, 0) is 34.1 Å². The maximum Gasteiger partial charge on any atom is 0.173 e. The van der Waals surface area contributed by atoms with Crippen LogP contribution in [0, 0.1) is 0 Å². The van der Waals surface area contributed by atoms with E-state index >= 15 is 0 Å². The minimum atomic E-state index is -3.00. The van der Waals surface area contributed by atoms with Crippen LogP contribution in [0.1, 0.15) is 0 Å². The summed E-state index contributed by atoms with van der Waals surface area (Å²) < 4.78 is 23.2. The molecule has 1 aromatic heterocycles. The highest BCUT2D eigenvalue weighted by atomic mass is 79.9. The van der Waals surface area contributed by atoms with E-state index in [1.54, 1.807) is 18.3 Å². The zero-order chi connectivity index (χ0) is 10.9. The molecule has 2 heterocycles. The third-order valence-corrected chi connectivity index (χ3v) is 3.86. The molecule has 1 aliphatic heterocycles. The first-order valence-electron chi connectivity index (χ1n) is 4.34. The molecule has 6 heteroatoms. The highest BCUT2D eigenvalue weighted by Gasteiger charge is 2.21. The fourth-order valence-corrected chi connectivity index (χ4v) is 2.79. The zero-order valence-corrected chi connectivity index (χ0v) is 10.1. The van der Waals surface area contributed by atoms with Crippen LogP contribution < -0.4 is 5.32 Å². The van der Waals surface area contributed by atoms with Crippen molar-refractivity contribution >= 4 is 31.6 Å². The molecule has 0 saturated carbocycles. The van der Waals surface area contributed by atoms with Crippen LogP contribution in [0.15, 0.2) is 34.3 Å².